The fraction of sp³-hybridized carbons (Fsp3) is 0.864. The van der Waals surface area contributed by atoms with E-state index >= 15 is 0 Å². The number of hydrogen-bond donors (Lipinski definition) is 1. The molecule has 0 rings (SSSR count). The molecule has 0 radical (unpaired) electrons. The number of thioether (sulfide) groups is 1. The van der Waals surface area contributed by atoms with Gasteiger partial charge in [-0.25, -0.2) is 0 Å². The third-order valence-electron chi connectivity index (χ3n) is 4.60. The molecule has 1 atom stereocenters. The van der Waals surface area contributed by atoms with Crippen molar-refractivity contribution in [2.24, 2.45) is 5.92 Å². The van der Waals surface area contributed by atoms with Gasteiger partial charge in [0.25, 0.3) is 0 Å². The summed E-state index contributed by atoms with van der Waals surface area (Å²) in [7, 11) is 0. The van der Waals surface area contributed by atoms with Crippen LogP contribution >= 0.6 is 11.8 Å². The first kappa shape index (κ1) is 25.4. The Labute approximate surface area is 167 Å². The maximum absolute atomic E-state index is 11.3. The van der Waals surface area contributed by atoms with Gasteiger partial charge in [0.1, 0.15) is 6.61 Å². The molecule has 4 heteroatoms. The molecule has 1 unspecified atom stereocenters. The zero-order valence-corrected chi connectivity index (χ0v) is 18.4. The molecule has 0 amide bonds. The van der Waals surface area contributed by atoms with Crippen LogP contribution in [0.25, 0.3) is 0 Å². The van der Waals surface area contributed by atoms with Crippen molar-refractivity contribution in [1.82, 2.24) is 5.32 Å². The lowest BCUT2D eigenvalue weighted by atomic mass is 9.95. The molecule has 0 aromatic carbocycles. The zero-order chi connectivity index (χ0) is 19.5. The molecule has 0 aliphatic rings. The average Bonchev–Trinajstić information content (AvgIpc) is 2.63. The van der Waals surface area contributed by atoms with Gasteiger partial charge in [-0.1, -0.05) is 78.7 Å². The van der Waals surface area contributed by atoms with E-state index in [2.05, 4.69) is 25.7 Å². The molecule has 0 fully saturated rings. The standard InChI is InChI=1S/C22H43NO2S/c1-5-8-10-11-12-13-16-21(15-9-6-2)19-23-20(4)26-18-17-25-22(24)14-7-3/h21,23H,4-19H2,1-3H3. The Bertz CT molecular complexity index is 347. The van der Waals surface area contributed by atoms with Crippen LogP contribution in [-0.2, 0) is 9.53 Å². The Morgan fingerprint density at radius 1 is 0.962 bits per heavy atom. The largest absolute Gasteiger partial charge is 0.465 e. The summed E-state index contributed by atoms with van der Waals surface area (Å²) < 4.78 is 5.18. The van der Waals surface area contributed by atoms with E-state index < -0.39 is 0 Å². The zero-order valence-electron chi connectivity index (χ0n) is 17.6. The van der Waals surface area contributed by atoms with Crippen molar-refractivity contribution in [1.29, 1.82) is 0 Å². The molecule has 0 heterocycles. The topological polar surface area (TPSA) is 38.3 Å². The molecule has 0 saturated carbocycles. The Morgan fingerprint density at radius 3 is 2.31 bits per heavy atom. The minimum atomic E-state index is -0.0924. The summed E-state index contributed by atoms with van der Waals surface area (Å²) in [5.41, 5.74) is 0. The second-order valence-corrected chi connectivity index (χ2v) is 8.38. The molecular weight excluding hydrogens is 342 g/mol. The van der Waals surface area contributed by atoms with Crippen molar-refractivity contribution >= 4 is 17.7 Å². The number of hydrogen-bond acceptors (Lipinski definition) is 4. The second-order valence-electron chi connectivity index (χ2n) is 7.19. The number of carbonyl (C=O) groups excluding carboxylic acids is 1. The summed E-state index contributed by atoms with van der Waals surface area (Å²) in [4.78, 5) is 11.3. The van der Waals surface area contributed by atoms with Crippen LogP contribution in [0.4, 0.5) is 0 Å². The van der Waals surface area contributed by atoms with Crippen LogP contribution in [0.3, 0.4) is 0 Å². The van der Waals surface area contributed by atoms with Crippen molar-refractivity contribution < 1.29 is 9.53 Å². The van der Waals surface area contributed by atoms with E-state index in [1.54, 1.807) is 11.8 Å². The van der Waals surface area contributed by atoms with Gasteiger partial charge in [0.05, 0.1) is 5.03 Å². The summed E-state index contributed by atoms with van der Waals surface area (Å²) in [6, 6.07) is 0. The number of nitrogens with one attached hydrogen (secondary N) is 1. The number of carbonyl (C=O) groups is 1. The predicted octanol–water partition coefficient (Wildman–Crippen LogP) is 6.68. The lowest BCUT2D eigenvalue weighted by Gasteiger charge is -2.19. The third-order valence-corrected chi connectivity index (χ3v) is 5.46. The molecule has 0 spiro atoms. The van der Waals surface area contributed by atoms with Crippen LogP contribution in [0.1, 0.15) is 97.8 Å². The number of rotatable bonds is 19. The van der Waals surface area contributed by atoms with Crippen molar-refractivity contribution in [3.63, 3.8) is 0 Å². The third kappa shape index (κ3) is 16.8. The number of esters is 1. The first-order chi connectivity index (χ1) is 12.6. The van der Waals surface area contributed by atoms with Gasteiger partial charge >= 0.3 is 5.97 Å². The molecule has 0 bridgehead atoms. The lowest BCUT2D eigenvalue weighted by molar-refractivity contribution is -0.142. The Hall–Kier alpha value is -0.640. The van der Waals surface area contributed by atoms with E-state index in [-0.39, 0.29) is 5.97 Å². The van der Waals surface area contributed by atoms with Crippen molar-refractivity contribution in [2.75, 3.05) is 18.9 Å². The van der Waals surface area contributed by atoms with Gasteiger partial charge in [0, 0.05) is 18.7 Å². The van der Waals surface area contributed by atoms with Crippen LogP contribution in [0.5, 0.6) is 0 Å². The van der Waals surface area contributed by atoms with E-state index in [1.165, 1.54) is 64.2 Å². The monoisotopic (exact) mass is 385 g/mol. The molecule has 0 aliphatic carbocycles. The van der Waals surface area contributed by atoms with E-state index in [0.717, 1.165) is 29.7 Å². The van der Waals surface area contributed by atoms with Gasteiger partial charge in [0.15, 0.2) is 0 Å². The van der Waals surface area contributed by atoms with Gasteiger partial charge in [-0.15, -0.1) is 11.8 Å². The van der Waals surface area contributed by atoms with Gasteiger partial charge in [0.2, 0.25) is 0 Å². The van der Waals surface area contributed by atoms with Crippen molar-refractivity contribution in [2.45, 2.75) is 97.8 Å². The summed E-state index contributed by atoms with van der Waals surface area (Å²) in [6.07, 6.45) is 14.8. The van der Waals surface area contributed by atoms with Crippen molar-refractivity contribution in [3.8, 4) is 0 Å². The van der Waals surface area contributed by atoms with E-state index in [9.17, 15) is 4.79 Å². The van der Waals surface area contributed by atoms with Crippen LogP contribution in [-0.4, -0.2) is 24.9 Å². The first-order valence-corrected chi connectivity index (χ1v) is 11.8. The summed E-state index contributed by atoms with van der Waals surface area (Å²) in [5, 5.41) is 4.50. The molecule has 0 aromatic rings. The minimum absolute atomic E-state index is 0.0924. The molecule has 3 nitrogen and oxygen atoms in total. The molecule has 0 aliphatic heterocycles. The maximum Gasteiger partial charge on any atom is 0.305 e. The first-order valence-electron chi connectivity index (χ1n) is 10.8. The van der Waals surface area contributed by atoms with Gasteiger partial charge < -0.3 is 10.1 Å². The smallest absolute Gasteiger partial charge is 0.305 e. The Kier molecular flexibility index (Phi) is 18.7. The van der Waals surface area contributed by atoms with Gasteiger partial charge in [-0.2, -0.15) is 0 Å². The van der Waals surface area contributed by atoms with Crippen LogP contribution in [0.2, 0.25) is 0 Å². The Morgan fingerprint density at radius 2 is 1.62 bits per heavy atom. The fourth-order valence-electron chi connectivity index (χ4n) is 2.96. The van der Waals surface area contributed by atoms with Crippen LogP contribution in [0.15, 0.2) is 11.6 Å². The van der Waals surface area contributed by atoms with Crippen LogP contribution < -0.4 is 5.32 Å². The molecule has 0 aromatic heterocycles. The maximum atomic E-state index is 11.3. The normalized spacial score (nSPS) is 12.0. The van der Waals surface area contributed by atoms with Gasteiger partial charge in [-0.05, 0) is 25.2 Å². The summed E-state index contributed by atoms with van der Waals surface area (Å²) in [6.45, 7) is 12.1. The van der Waals surface area contributed by atoms with Crippen LogP contribution in [0, 0.1) is 5.92 Å². The highest BCUT2D eigenvalue weighted by molar-refractivity contribution is 8.03. The second kappa shape index (κ2) is 19.1. The lowest BCUT2D eigenvalue weighted by Crippen LogP contribution is -2.21. The highest BCUT2D eigenvalue weighted by atomic mass is 32.2. The van der Waals surface area contributed by atoms with E-state index in [1.807, 2.05) is 6.92 Å². The minimum Gasteiger partial charge on any atom is -0.465 e. The number of ether oxygens (including phenoxy) is 1. The van der Waals surface area contributed by atoms with E-state index in [0.29, 0.717) is 13.0 Å². The highest BCUT2D eigenvalue weighted by Crippen LogP contribution is 2.19. The predicted molar refractivity (Wildman–Crippen MR) is 116 cm³/mol. The molecular formula is C22H43NO2S. The average molecular weight is 386 g/mol. The summed E-state index contributed by atoms with van der Waals surface area (Å²) in [5.74, 6) is 1.43. The molecule has 154 valence electrons. The summed E-state index contributed by atoms with van der Waals surface area (Å²) >= 11 is 1.66. The van der Waals surface area contributed by atoms with Crippen molar-refractivity contribution in [3.05, 3.63) is 11.6 Å². The molecule has 0 saturated heterocycles. The Balaban J connectivity index is 3.84. The van der Waals surface area contributed by atoms with E-state index in [4.69, 9.17) is 4.74 Å². The van der Waals surface area contributed by atoms with Gasteiger partial charge in [-0.3, -0.25) is 4.79 Å². The fourth-order valence-corrected chi connectivity index (χ4v) is 3.56. The SMILES string of the molecule is C=C(NCC(CCCC)CCCCCCCC)SCCOC(=O)CCC. The highest BCUT2D eigenvalue weighted by Gasteiger charge is 2.09. The quantitative estimate of drug-likeness (QED) is 0.199. The number of unbranched alkanes of at least 4 members (excludes halogenated alkanes) is 6. The molecule has 26 heavy (non-hydrogen) atoms. The molecule has 1 N–H and O–H groups in total.